The number of alkyl halides is 3. The van der Waals surface area contributed by atoms with Crippen LogP contribution in [0.25, 0.3) is 0 Å². The quantitative estimate of drug-likeness (QED) is 0.823. The summed E-state index contributed by atoms with van der Waals surface area (Å²) in [4.78, 5) is 4.31. The highest BCUT2D eigenvalue weighted by molar-refractivity contribution is 7.11. The molecule has 0 spiro atoms. The second-order valence-corrected chi connectivity index (χ2v) is 7.52. The Labute approximate surface area is 128 Å². The highest BCUT2D eigenvalue weighted by atomic mass is 32.1. The topological polar surface area (TPSA) is 24.9 Å². The van der Waals surface area contributed by atoms with Crippen LogP contribution < -0.4 is 5.32 Å². The molecule has 1 fully saturated rings. The molecule has 1 aliphatic rings. The van der Waals surface area contributed by atoms with Crippen molar-refractivity contribution in [3.05, 3.63) is 16.1 Å². The summed E-state index contributed by atoms with van der Waals surface area (Å²) in [6.07, 6.45) is 2.59. The molecule has 0 radical (unpaired) electrons. The summed E-state index contributed by atoms with van der Waals surface area (Å²) in [5.74, 6) is 0.536. The van der Waals surface area contributed by atoms with Gasteiger partial charge in [0.15, 0.2) is 5.01 Å². The molecular weight excluding hydrogens is 297 g/mol. The van der Waals surface area contributed by atoms with Crippen molar-refractivity contribution in [2.45, 2.75) is 58.2 Å². The molecule has 1 heterocycles. The van der Waals surface area contributed by atoms with Crippen molar-refractivity contribution >= 4 is 11.3 Å². The Morgan fingerprint density at radius 1 is 1.33 bits per heavy atom. The third kappa shape index (κ3) is 3.59. The number of aromatic nitrogens is 1. The minimum absolute atomic E-state index is 0.0315. The minimum Gasteiger partial charge on any atom is -0.312 e. The first-order chi connectivity index (χ1) is 9.78. The van der Waals surface area contributed by atoms with E-state index in [1.807, 2.05) is 7.05 Å². The number of hydrogen-bond donors (Lipinski definition) is 1. The van der Waals surface area contributed by atoms with Gasteiger partial charge in [0.2, 0.25) is 0 Å². The Balaban J connectivity index is 2.30. The number of rotatable bonds is 5. The standard InChI is InChI=1S/C15H23F3N2S/c1-10(2)8-14(6-4-5-7-14)12(19-3)11-9-20-13(21-11)15(16,17)18/h9-10,12,19H,4-8H2,1-3H3. The van der Waals surface area contributed by atoms with Gasteiger partial charge in [-0.05, 0) is 37.6 Å². The van der Waals surface area contributed by atoms with E-state index in [0.29, 0.717) is 10.8 Å². The lowest BCUT2D eigenvalue weighted by molar-refractivity contribution is -0.137. The van der Waals surface area contributed by atoms with Crippen LogP contribution >= 0.6 is 11.3 Å². The summed E-state index contributed by atoms with van der Waals surface area (Å²) in [5.41, 5.74) is 0.0678. The Kier molecular flexibility index (Phi) is 4.98. The number of thiazole rings is 1. The summed E-state index contributed by atoms with van der Waals surface area (Å²) in [5, 5.41) is 2.53. The average Bonchev–Trinajstić information content (AvgIpc) is 2.98. The van der Waals surface area contributed by atoms with Gasteiger partial charge in [0.05, 0.1) is 0 Å². The molecule has 2 nitrogen and oxygen atoms in total. The second kappa shape index (κ2) is 6.24. The van der Waals surface area contributed by atoms with Crippen LogP contribution in [0, 0.1) is 11.3 Å². The number of nitrogens with one attached hydrogen (secondary N) is 1. The fourth-order valence-electron chi connectivity index (χ4n) is 3.80. The normalized spacial score (nSPS) is 20.1. The largest absolute Gasteiger partial charge is 0.443 e. The molecule has 0 aliphatic heterocycles. The van der Waals surface area contributed by atoms with Crippen molar-refractivity contribution < 1.29 is 13.2 Å². The van der Waals surface area contributed by atoms with E-state index >= 15 is 0 Å². The molecule has 1 aromatic rings. The molecule has 2 rings (SSSR count). The van der Waals surface area contributed by atoms with E-state index in [-0.39, 0.29) is 11.5 Å². The van der Waals surface area contributed by atoms with E-state index in [1.165, 1.54) is 6.20 Å². The fraction of sp³-hybridized carbons (Fsp3) is 0.800. The predicted molar refractivity (Wildman–Crippen MR) is 79.3 cm³/mol. The third-order valence-corrected chi connectivity index (χ3v) is 5.47. The van der Waals surface area contributed by atoms with Gasteiger partial charge >= 0.3 is 6.18 Å². The van der Waals surface area contributed by atoms with Crippen molar-refractivity contribution in [1.82, 2.24) is 10.3 Å². The lowest BCUT2D eigenvalue weighted by Gasteiger charge is -2.38. The van der Waals surface area contributed by atoms with Crippen molar-refractivity contribution in [1.29, 1.82) is 0 Å². The molecule has 0 bridgehead atoms. The van der Waals surface area contributed by atoms with Crippen LogP contribution in [0.3, 0.4) is 0 Å². The first kappa shape index (κ1) is 16.7. The van der Waals surface area contributed by atoms with Crippen LogP contribution in [0.1, 0.15) is 61.9 Å². The Morgan fingerprint density at radius 3 is 2.38 bits per heavy atom. The van der Waals surface area contributed by atoms with Gasteiger partial charge in [-0.15, -0.1) is 11.3 Å². The molecule has 0 saturated heterocycles. The van der Waals surface area contributed by atoms with E-state index in [2.05, 4.69) is 24.1 Å². The average molecular weight is 320 g/mol. The zero-order valence-electron chi connectivity index (χ0n) is 12.8. The van der Waals surface area contributed by atoms with E-state index < -0.39 is 11.2 Å². The van der Waals surface area contributed by atoms with Crippen LogP contribution in [0.15, 0.2) is 6.20 Å². The molecule has 1 saturated carbocycles. The Morgan fingerprint density at radius 2 is 1.95 bits per heavy atom. The lowest BCUT2D eigenvalue weighted by atomic mass is 9.72. The third-order valence-electron chi connectivity index (χ3n) is 4.37. The summed E-state index contributed by atoms with van der Waals surface area (Å²) in [7, 11) is 1.85. The molecule has 21 heavy (non-hydrogen) atoms. The van der Waals surface area contributed by atoms with Crippen LogP contribution in [-0.2, 0) is 6.18 Å². The maximum absolute atomic E-state index is 12.8. The van der Waals surface area contributed by atoms with Gasteiger partial charge in [-0.25, -0.2) is 4.98 Å². The maximum Gasteiger partial charge on any atom is 0.443 e. The Bertz CT molecular complexity index is 462. The van der Waals surface area contributed by atoms with E-state index in [0.717, 1.165) is 43.4 Å². The molecule has 0 amide bonds. The smallest absolute Gasteiger partial charge is 0.312 e. The maximum atomic E-state index is 12.8. The predicted octanol–water partition coefficient (Wildman–Crippen LogP) is 5.03. The van der Waals surface area contributed by atoms with Crippen LogP contribution in [0.4, 0.5) is 13.2 Å². The molecule has 0 aromatic carbocycles. The van der Waals surface area contributed by atoms with Crippen molar-refractivity contribution in [3.63, 3.8) is 0 Å². The van der Waals surface area contributed by atoms with E-state index in [9.17, 15) is 13.2 Å². The molecule has 1 N–H and O–H groups in total. The van der Waals surface area contributed by atoms with Gasteiger partial charge in [0.1, 0.15) is 0 Å². The highest BCUT2D eigenvalue weighted by Gasteiger charge is 2.43. The summed E-state index contributed by atoms with van der Waals surface area (Å²) >= 11 is 0.786. The summed E-state index contributed by atoms with van der Waals surface area (Å²) < 4.78 is 38.3. The molecule has 6 heteroatoms. The van der Waals surface area contributed by atoms with Crippen LogP contribution in [-0.4, -0.2) is 12.0 Å². The van der Waals surface area contributed by atoms with E-state index in [1.54, 1.807) is 0 Å². The first-order valence-corrected chi connectivity index (χ1v) is 8.30. The monoisotopic (exact) mass is 320 g/mol. The zero-order chi connectivity index (χ0) is 15.7. The van der Waals surface area contributed by atoms with Gasteiger partial charge in [0, 0.05) is 17.1 Å². The van der Waals surface area contributed by atoms with Gasteiger partial charge in [-0.3, -0.25) is 0 Å². The van der Waals surface area contributed by atoms with E-state index in [4.69, 9.17) is 0 Å². The molecule has 1 aliphatic carbocycles. The van der Waals surface area contributed by atoms with Gasteiger partial charge < -0.3 is 5.32 Å². The molecule has 1 atom stereocenters. The van der Waals surface area contributed by atoms with Gasteiger partial charge in [-0.2, -0.15) is 13.2 Å². The van der Waals surface area contributed by atoms with Gasteiger partial charge in [0.25, 0.3) is 0 Å². The molecule has 1 aromatic heterocycles. The second-order valence-electron chi connectivity index (χ2n) is 6.45. The molecule has 1 unspecified atom stereocenters. The van der Waals surface area contributed by atoms with Crippen molar-refractivity contribution in [3.8, 4) is 0 Å². The molecular formula is C15H23F3N2S. The minimum atomic E-state index is -4.35. The lowest BCUT2D eigenvalue weighted by Crippen LogP contribution is -2.35. The highest BCUT2D eigenvalue weighted by Crippen LogP contribution is 2.52. The van der Waals surface area contributed by atoms with Crippen molar-refractivity contribution in [2.75, 3.05) is 7.05 Å². The number of hydrogen-bond acceptors (Lipinski definition) is 3. The van der Waals surface area contributed by atoms with Crippen molar-refractivity contribution in [2.24, 2.45) is 11.3 Å². The van der Waals surface area contributed by atoms with Crippen LogP contribution in [0.5, 0.6) is 0 Å². The number of nitrogens with zero attached hydrogens (tertiary/aromatic N) is 1. The zero-order valence-corrected chi connectivity index (χ0v) is 13.6. The first-order valence-electron chi connectivity index (χ1n) is 7.49. The number of halogens is 3. The SMILES string of the molecule is CNC(c1cnc(C(F)(F)F)s1)C1(CC(C)C)CCCC1. The Hall–Kier alpha value is -0.620. The van der Waals surface area contributed by atoms with Crippen LogP contribution in [0.2, 0.25) is 0 Å². The summed E-state index contributed by atoms with van der Waals surface area (Å²) in [6, 6.07) is -0.0315. The summed E-state index contributed by atoms with van der Waals surface area (Å²) in [6.45, 7) is 4.36. The fourth-order valence-corrected chi connectivity index (χ4v) is 4.84. The molecule has 120 valence electrons. The van der Waals surface area contributed by atoms with Gasteiger partial charge in [-0.1, -0.05) is 26.7 Å².